The molecule has 1 aromatic carbocycles. The van der Waals surface area contributed by atoms with Crippen molar-refractivity contribution in [2.45, 2.75) is 12.5 Å². The number of aliphatic hydroxyl groups excluding tert-OH is 1. The summed E-state index contributed by atoms with van der Waals surface area (Å²) in [6, 6.07) is 3.16. The van der Waals surface area contributed by atoms with Crippen LogP contribution in [-0.4, -0.2) is 47.7 Å². The van der Waals surface area contributed by atoms with E-state index in [-0.39, 0.29) is 30.7 Å². The van der Waals surface area contributed by atoms with E-state index in [1.807, 2.05) is 0 Å². The van der Waals surface area contributed by atoms with E-state index in [2.05, 4.69) is 10.2 Å². The predicted octanol–water partition coefficient (Wildman–Crippen LogP) is 1.48. The summed E-state index contributed by atoms with van der Waals surface area (Å²) >= 11 is 0. The molecule has 0 aromatic heterocycles. The number of halogens is 2. The number of benzene rings is 1. The van der Waals surface area contributed by atoms with Gasteiger partial charge in [0.1, 0.15) is 5.82 Å². The Hall–Kier alpha value is -1.28. The number of hydrogen-bond acceptors (Lipinski definition) is 5. The van der Waals surface area contributed by atoms with Gasteiger partial charge in [0.15, 0.2) is 0 Å². The van der Waals surface area contributed by atoms with E-state index in [9.17, 15) is 19.6 Å². The molecule has 0 aliphatic carbocycles. The molecule has 21 heavy (non-hydrogen) atoms. The number of nitrogens with one attached hydrogen (secondary N) is 1. The van der Waals surface area contributed by atoms with Gasteiger partial charge in [0.25, 0.3) is 5.69 Å². The van der Waals surface area contributed by atoms with Gasteiger partial charge in [-0.15, -0.1) is 12.4 Å². The van der Waals surface area contributed by atoms with Gasteiger partial charge < -0.3 is 10.4 Å². The Morgan fingerprint density at radius 2 is 2.10 bits per heavy atom. The molecule has 2 N–H and O–H groups in total. The predicted molar refractivity (Wildman–Crippen MR) is 79.2 cm³/mol. The quantitative estimate of drug-likeness (QED) is 0.635. The highest BCUT2D eigenvalue weighted by atomic mass is 35.5. The van der Waals surface area contributed by atoms with E-state index in [1.165, 1.54) is 12.1 Å². The first-order valence-corrected chi connectivity index (χ1v) is 6.63. The largest absolute Gasteiger partial charge is 0.396 e. The number of rotatable bonds is 5. The third kappa shape index (κ3) is 4.34. The highest BCUT2D eigenvalue weighted by molar-refractivity contribution is 5.85. The summed E-state index contributed by atoms with van der Waals surface area (Å²) in [6.45, 7) is 2.91. The summed E-state index contributed by atoms with van der Waals surface area (Å²) in [5.74, 6) is -0.497. The Morgan fingerprint density at radius 1 is 1.43 bits per heavy atom. The van der Waals surface area contributed by atoms with Crippen molar-refractivity contribution in [3.63, 3.8) is 0 Å². The van der Waals surface area contributed by atoms with Crippen LogP contribution >= 0.6 is 12.4 Å². The lowest BCUT2D eigenvalue weighted by molar-refractivity contribution is -0.386. The average Bonchev–Trinajstić information content (AvgIpc) is 2.45. The van der Waals surface area contributed by atoms with Crippen LogP contribution in [0.3, 0.4) is 0 Å². The number of aliphatic hydroxyl groups is 1. The number of nitro benzene ring substituents is 1. The molecule has 0 bridgehead atoms. The van der Waals surface area contributed by atoms with Crippen molar-refractivity contribution in [1.29, 1.82) is 0 Å². The van der Waals surface area contributed by atoms with Gasteiger partial charge in [-0.2, -0.15) is 0 Å². The van der Waals surface area contributed by atoms with Gasteiger partial charge in [-0.25, -0.2) is 4.39 Å². The fraction of sp³-hybridized carbons (Fsp3) is 0.538. The van der Waals surface area contributed by atoms with Crippen LogP contribution in [0.15, 0.2) is 18.2 Å². The van der Waals surface area contributed by atoms with Gasteiger partial charge in [0.2, 0.25) is 0 Å². The van der Waals surface area contributed by atoms with Crippen LogP contribution < -0.4 is 5.32 Å². The van der Waals surface area contributed by atoms with Crippen molar-refractivity contribution in [2.24, 2.45) is 0 Å². The van der Waals surface area contributed by atoms with E-state index >= 15 is 0 Å². The first-order chi connectivity index (χ1) is 9.63. The van der Waals surface area contributed by atoms with Crippen LogP contribution in [-0.2, 0) is 0 Å². The van der Waals surface area contributed by atoms with Crippen LogP contribution in [0.1, 0.15) is 18.0 Å². The molecule has 1 saturated heterocycles. The maximum Gasteiger partial charge on any atom is 0.274 e. The SMILES string of the molecule is Cl.O=[N+]([O-])c1ccc(F)cc1[C@H](CCO)N1CCNCC1. The molecule has 118 valence electrons. The van der Waals surface area contributed by atoms with Crippen LogP contribution in [0.2, 0.25) is 0 Å². The molecule has 0 saturated carbocycles. The molecule has 1 atom stereocenters. The summed E-state index contributed by atoms with van der Waals surface area (Å²) in [7, 11) is 0. The minimum atomic E-state index is -0.499. The molecule has 1 fully saturated rings. The molecule has 0 unspecified atom stereocenters. The summed E-state index contributed by atoms with van der Waals surface area (Å²) < 4.78 is 13.5. The third-order valence-corrected chi connectivity index (χ3v) is 3.54. The molecular weight excluding hydrogens is 301 g/mol. The fourth-order valence-corrected chi connectivity index (χ4v) is 2.61. The first-order valence-electron chi connectivity index (χ1n) is 6.63. The summed E-state index contributed by atoms with van der Waals surface area (Å²) in [5.41, 5.74) is 0.245. The molecule has 2 rings (SSSR count). The zero-order valence-electron chi connectivity index (χ0n) is 11.5. The molecule has 0 radical (unpaired) electrons. The molecule has 0 spiro atoms. The smallest absolute Gasteiger partial charge is 0.274 e. The second-order valence-corrected chi connectivity index (χ2v) is 4.77. The minimum Gasteiger partial charge on any atom is -0.396 e. The standard InChI is InChI=1S/C13H18FN3O3.ClH/c14-10-1-2-13(17(19)20)11(9-10)12(3-8-18)16-6-4-15-5-7-16;/h1-2,9,12,15,18H,3-8H2;1H/t12-;/m0./s1. The molecule has 0 amide bonds. The first kappa shape index (κ1) is 17.8. The highest BCUT2D eigenvalue weighted by Gasteiger charge is 2.28. The third-order valence-electron chi connectivity index (χ3n) is 3.54. The second-order valence-electron chi connectivity index (χ2n) is 4.77. The maximum atomic E-state index is 13.5. The van der Waals surface area contributed by atoms with E-state index in [4.69, 9.17) is 0 Å². The van der Waals surface area contributed by atoms with Crippen LogP contribution in [0.4, 0.5) is 10.1 Å². The zero-order chi connectivity index (χ0) is 14.5. The van der Waals surface area contributed by atoms with E-state index in [0.717, 1.165) is 32.2 Å². The Balaban J connectivity index is 0.00000220. The van der Waals surface area contributed by atoms with Gasteiger partial charge in [-0.05, 0) is 18.6 Å². The van der Waals surface area contributed by atoms with Crippen molar-refractivity contribution < 1.29 is 14.4 Å². The Labute approximate surface area is 128 Å². The highest BCUT2D eigenvalue weighted by Crippen LogP contribution is 2.32. The Morgan fingerprint density at radius 3 is 2.67 bits per heavy atom. The van der Waals surface area contributed by atoms with Crippen LogP contribution in [0.25, 0.3) is 0 Å². The van der Waals surface area contributed by atoms with Gasteiger partial charge in [0, 0.05) is 50.5 Å². The van der Waals surface area contributed by atoms with Crippen molar-refractivity contribution in [3.05, 3.63) is 39.7 Å². The van der Waals surface area contributed by atoms with E-state index in [1.54, 1.807) is 0 Å². The topological polar surface area (TPSA) is 78.6 Å². The molecule has 6 nitrogen and oxygen atoms in total. The lowest BCUT2D eigenvalue weighted by Gasteiger charge is -2.34. The molecule has 1 heterocycles. The molecule has 1 aliphatic rings. The van der Waals surface area contributed by atoms with Crippen molar-refractivity contribution in [3.8, 4) is 0 Å². The number of hydrogen-bond donors (Lipinski definition) is 2. The number of nitro groups is 1. The van der Waals surface area contributed by atoms with Crippen molar-refractivity contribution in [2.75, 3.05) is 32.8 Å². The van der Waals surface area contributed by atoms with Gasteiger partial charge in [0.05, 0.1) is 4.92 Å². The van der Waals surface area contributed by atoms with Crippen molar-refractivity contribution >= 4 is 18.1 Å². The van der Waals surface area contributed by atoms with E-state index in [0.29, 0.717) is 12.0 Å². The summed E-state index contributed by atoms with van der Waals surface area (Å²) in [4.78, 5) is 12.7. The monoisotopic (exact) mass is 319 g/mol. The molecule has 1 aromatic rings. The Kier molecular flexibility index (Phi) is 6.97. The maximum absolute atomic E-state index is 13.5. The van der Waals surface area contributed by atoms with Gasteiger partial charge >= 0.3 is 0 Å². The summed E-state index contributed by atoms with van der Waals surface area (Å²) in [6.07, 6.45) is 0.351. The van der Waals surface area contributed by atoms with E-state index < -0.39 is 10.7 Å². The zero-order valence-corrected chi connectivity index (χ0v) is 12.3. The fourth-order valence-electron chi connectivity index (χ4n) is 2.61. The second kappa shape index (κ2) is 8.23. The van der Waals surface area contributed by atoms with Crippen LogP contribution in [0.5, 0.6) is 0 Å². The van der Waals surface area contributed by atoms with Gasteiger partial charge in [-0.3, -0.25) is 15.0 Å². The number of piperazine rings is 1. The van der Waals surface area contributed by atoms with Crippen molar-refractivity contribution in [1.82, 2.24) is 10.2 Å². The lowest BCUT2D eigenvalue weighted by atomic mass is 9.99. The summed E-state index contributed by atoms with van der Waals surface area (Å²) in [5, 5.41) is 23.5. The van der Waals surface area contributed by atoms with Crippen LogP contribution in [0, 0.1) is 15.9 Å². The minimum absolute atomic E-state index is 0. The Bertz CT molecular complexity index is 484. The molecule has 1 aliphatic heterocycles. The van der Waals surface area contributed by atoms with Gasteiger partial charge in [-0.1, -0.05) is 0 Å². The molecule has 8 heteroatoms. The average molecular weight is 320 g/mol. The molecular formula is C13H19ClFN3O3. The normalized spacial score (nSPS) is 17.0. The number of nitrogens with zero attached hydrogens (tertiary/aromatic N) is 2. The lowest BCUT2D eigenvalue weighted by Crippen LogP contribution is -2.45.